The molecule has 0 aliphatic heterocycles. The third-order valence-electron chi connectivity index (χ3n) is 2.62. The molecule has 0 aliphatic rings. The number of hydrogen-bond acceptors (Lipinski definition) is 4. The van der Waals surface area contributed by atoms with E-state index in [2.05, 4.69) is 6.92 Å². The van der Waals surface area contributed by atoms with Crippen LogP contribution in [-0.4, -0.2) is 31.5 Å². The van der Waals surface area contributed by atoms with Crippen molar-refractivity contribution in [2.24, 2.45) is 5.73 Å². The van der Waals surface area contributed by atoms with Crippen molar-refractivity contribution in [3.8, 4) is 11.5 Å². The zero-order valence-electron chi connectivity index (χ0n) is 10.5. The van der Waals surface area contributed by atoms with Crippen LogP contribution in [-0.2, 0) is 6.42 Å². The van der Waals surface area contributed by atoms with Crippen molar-refractivity contribution in [2.45, 2.75) is 25.8 Å². The van der Waals surface area contributed by atoms with E-state index in [-0.39, 0.29) is 12.6 Å². The number of methoxy groups -OCH3 is 1. The quantitative estimate of drug-likeness (QED) is 0.753. The molecule has 0 saturated carbocycles. The van der Waals surface area contributed by atoms with Gasteiger partial charge in [0.2, 0.25) is 0 Å². The Morgan fingerprint density at radius 2 is 2.12 bits per heavy atom. The zero-order chi connectivity index (χ0) is 12.7. The number of rotatable bonds is 7. The van der Waals surface area contributed by atoms with Crippen molar-refractivity contribution >= 4 is 0 Å². The van der Waals surface area contributed by atoms with E-state index in [1.54, 1.807) is 7.11 Å². The van der Waals surface area contributed by atoms with Crippen LogP contribution >= 0.6 is 0 Å². The fourth-order valence-corrected chi connectivity index (χ4v) is 1.46. The molecular weight excluding hydrogens is 218 g/mol. The maximum Gasteiger partial charge on any atom is 0.161 e. The molecule has 0 radical (unpaired) electrons. The number of nitrogens with two attached hydrogens (primary N) is 1. The summed E-state index contributed by atoms with van der Waals surface area (Å²) in [5, 5.41) is 8.80. The van der Waals surface area contributed by atoms with Crippen LogP contribution in [0.2, 0.25) is 0 Å². The average molecular weight is 239 g/mol. The SMILES string of the molecule is CCc1ccc(OCCC(N)CO)c(OC)c1. The molecule has 17 heavy (non-hydrogen) atoms. The third kappa shape index (κ3) is 4.24. The molecule has 4 nitrogen and oxygen atoms in total. The van der Waals surface area contributed by atoms with E-state index in [1.807, 2.05) is 18.2 Å². The molecule has 1 aromatic rings. The Bertz CT molecular complexity index is 341. The first-order valence-electron chi connectivity index (χ1n) is 5.87. The van der Waals surface area contributed by atoms with Crippen LogP contribution in [0.3, 0.4) is 0 Å². The molecule has 1 atom stereocenters. The fraction of sp³-hybridized carbons (Fsp3) is 0.538. The summed E-state index contributed by atoms with van der Waals surface area (Å²) in [5.41, 5.74) is 6.80. The Balaban J connectivity index is 2.58. The van der Waals surface area contributed by atoms with E-state index in [1.165, 1.54) is 5.56 Å². The number of aliphatic hydroxyl groups excluding tert-OH is 1. The lowest BCUT2D eigenvalue weighted by molar-refractivity contribution is 0.226. The predicted molar refractivity (Wildman–Crippen MR) is 67.5 cm³/mol. The summed E-state index contributed by atoms with van der Waals surface area (Å²) in [6.07, 6.45) is 1.58. The lowest BCUT2D eigenvalue weighted by Gasteiger charge is -2.13. The minimum atomic E-state index is -0.226. The summed E-state index contributed by atoms with van der Waals surface area (Å²) in [6, 6.07) is 5.67. The van der Waals surface area contributed by atoms with Crippen molar-refractivity contribution in [3.05, 3.63) is 23.8 Å². The Kier molecular flexibility index (Phi) is 5.80. The van der Waals surface area contributed by atoms with E-state index in [4.69, 9.17) is 20.3 Å². The van der Waals surface area contributed by atoms with Crippen LogP contribution in [0.1, 0.15) is 18.9 Å². The summed E-state index contributed by atoms with van der Waals surface area (Å²) in [5.74, 6) is 1.46. The largest absolute Gasteiger partial charge is 0.493 e. The van der Waals surface area contributed by atoms with Gasteiger partial charge in [-0.05, 0) is 30.5 Å². The molecule has 0 heterocycles. The summed E-state index contributed by atoms with van der Waals surface area (Å²) in [7, 11) is 1.63. The highest BCUT2D eigenvalue weighted by molar-refractivity contribution is 5.42. The molecule has 0 aliphatic carbocycles. The van der Waals surface area contributed by atoms with Crippen LogP contribution in [0.5, 0.6) is 11.5 Å². The molecule has 1 rings (SSSR count). The van der Waals surface area contributed by atoms with Crippen LogP contribution < -0.4 is 15.2 Å². The average Bonchev–Trinajstić information content (AvgIpc) is 2.38. The van der Waals surface area contributed by atoms with Gasteiger partial charge in [-0.25, -0.2) is 0 Å². The fourth-order valence-electron chi connectivity index (χ4n) is 1.46. The maximum atomic E-state index is 8.80. The van der Waals surface area contributed by atoms with E-state index in [0.717, 1.165) is 17.9 Å². The van der Waals surface area contributed by atoms with Crippen LogP contribution in [0.15, 0.2) is 18.2 Å². The van der Waals surface area contributed by atoms with E-state index >= 15 is 0 Å². The summed E-state index contributed by atoms with van der Waals surface area (Å²) >= 11 is 0. The third-order valence-corrected chi connectivity index (χ3v) is 2.62. The first-order valence-corrected chi connectivity index (χ1v) is 5.87. The van der Waals surface area contributed by atoms with Gasteiger partial charge in [0, 0.05) is 6.04 Å². The second-order valence-electron chi connectivity index (χ2n) is 3.92. The van der Waals surface area contributed by atoms with Gasteiger partial charge in [0.15, 0.2) is 11.5 Å². The van der Waals surface area contributed by atoms with Crippen molar-refractivity contribution < 1.29 is 14.6 Å². The molecule has 0 fully saturated rings. The van der Waals surface area contributed by atoms with Gasteiger partial charge in [0.05, 0.1) is 20.3 Å². The Labute approximate surface area is 102 Å². The van der Waals surface area contributed by atoms with E-state index in [9.17, 15) is 0 Å². The molecule has 0 spiro atoms. The van der Waals surface area contributed by atoms with Crippen molar-refractivity contribution in [1.82, 2.24) is 0 Å². The van der Waals surface area contributed by atoms with Gasteiger partial charge < -0.3 is 20.3 Å². The van der Waals surface area contributed by atoms with Crippen LogP contribution in [0, 0.1) is 0 Å². The molecule has 0 amide bonds. The van der Waals surface area contributed by atoms with Gasteiger partial charge in [0.1, 0.15) is 0 Å². The molecule has 1 unspecified atom stereocenters. The minimum absolute atomic E-state index is 0.0186. The standard InChI is InChI=1S/C13H21NO3/c1-3-10-4-5-12(13(8-10)16-2)17-7-6-11(14)9-15/h4-5,8,11,15H,3,6-7,9,14H2,1-2H3. The highest BCUT2D eigenvalue weighted by Crippen LogP contribution is 2.28. The minimum Gasteiger partial charge on any atom is -0.493 e. The monoisotopic (exact) mass is 239 g/mol. The molecule has 1 aromatic carbocycles. The molecule has 0 aromatic heterocycles. The van der Waals surface area contributed by atoms with Crippen molar-refractivity contribution in [2.75, 3.05) is 20.3 Å². The molecule has 96 valence electrons. The number of aryl methyl sites for hydroxylation is 1. The normalized spacial score (nSPS) is 12.2. The number of benzene rings is 1. The first-order chi connectivity index (χ1) is 8.21. The Hall–Kier alpha value is -1.26. The lowest BCUT2D eigenvalue weighted by atomic mass is 10.1. The topological polar surface area (TPSA) is 64.7 Å². The predicted octanol–water partition coefficient (Wildman–Crippen LogP) is 1.35. The highest BCUT2D eigenvalue weighted by Gasteiger charge is 2.06. The number of ether oxygens (including phenoxy) is 2. The Morgan fingerprint density at radius 1 is 1.35 bits per heavy atom. The molecule has 0 bridgehead atoms. The second-order valence-corrected chi connectivity index (χ2v) is 3.92. The Morgan fingerprint density at radius 3 is 2.71 bits per heavy atom. The zero-order valence-corrected chi connectivity index (χ0v) is 10.5. The van der Waals surface area contributed by atoms with Gasteiger partial charge in [-0.1, -0.05) is 13.0 Å². The van der Waals surface area contributed by atoms with Gasteiger partial charge in [-0.3, -0.25) is 0 Å². The van der Waals surface area contributed by atoms with Gasteiger partial charge in [0.25, 0.3) is 0 Å². The summed E-state index contributed by atoms with van der Waals surface area (Å²) in [4.78, 5) is 0. The number of hydrogen-bond donors (Lipinski definition) is 2. The van der Waals surface area contributed by atoms with E-state index in [0.29, 0.717) is 13.0 Å². The van der Waals surface area contributed by atoms with Crippen LogP contribution in [0.25, 0.3) is 0 Å². The van der Waals surface area contributed by atoms with Gasteiger partial charge >= 0.3 is 0 Å². The van der Waals surface area contributed by atoms with E-state index < -0.39 is 0 Å². The summed E-state index contributed by atoms with van der Waals surface area (Å²) < 4.78 is 10.8. The van der Waals surface area contributed by atoms with Crippen molar-refractivity contribution in [3.63, 3.8) is 0 Å². The second kappa shape index (κ2) is 7.14. The maximum absolute atomic E-state index is 8.80. The highest BCUT2D eigenvalue weighted by atomic mass is 16.5. The van der Waals surface area contributed by atoms with Gasteiger partial charge in [-0.2, -0.15) is 0 Å². The van der Waals surface area contributed by atoms with Crippen molar-refractivity contribution in [1.29, 1.82) is 0 Å². The van der Waals surface area contributed by atoms with Crippen LogP contribution in [0.4, 0.5) is 0 Å². The first kappa shape index (κ1) is 13.8. The lowest BCUT2D eigenvalue weighted by Crippen LogP contribution is -2.26. The molecule has 4 heteroatoms. The number of aliphatic hydroxyl groups is 1. The summed E-state index contributed by atoms with van der Waals surface area (Å²) in [6.45, 7) is 2.55. The smallest absolute Gasteiger partial charge is 0.161 e. The molecular formula is C13H21NO3. The van der Waals surface area contributed by atoms with Gasteiger partial charge in [-0.15, -0.1) is 0 Å². The molecule has 0 saturated heterocycles. The molecule has 3 N–H and O–H groups in total.